The van der Waals surface area contributed by atoms with E-state index in [-0.39, 0.29) is 5.78 Å². The average molecular weight is 245 g/mol. The van der Waals surface area contributed by atoms with Crippen molar-refractivity contribution in [2.75, 3.05) is 13.1 Å². The number of hydrogen-bond acceptors (Lipinski definition) is 2. The van der Waals surface area contributed by atoms with Gasteiger partial charge in [0, 0.05) is 11.6 Å². The summed E-state index contributed by atoms with van der Waals surface area (Å²) in [7, 11) is 0. The maximum absolute atomic E-state index is 12.3. The molecule has 1 saturated heterocycles. The quantitative estimate of drug-likeness (QED) is 0.762. The summed E-state index contributed by atoms with van der Waals surface area (Å²) in [5, 5.41) is 0. The minimum Gasteiger partial charge on any atom is -0.293 e. The Morgan fingerprint density at radius 1 is 1.33 bits per heavy atom. The van der Waals surface area contributed by atoms with E-state index in [1.54, 1.807) is 0 Å². The molecule has 2 rings (SSSR count). The van der Waals surface area contributed by atoms with Gasteiger partial charge in [-0.3, -0.25) is 9.69 Å². The molecule has 2 heteroatoms. The van der Waals surface area contributed by atoms with E-state index in [2.05, 4.69) is 18.7 Å². The first kappa shape index (κ1) is 13.3. The fourth-order valence-electron chi connectivity index (χ4n) is 2.80. The van der Waals surface area contributed by atoms with E-state index in [0.717, 1.165) is 17.7 Å². The van der Waals surface area contributed by atoms with Crippen LogP contribution in [0.4, 0.5) is 0 Å². The molecular weight excluding hydrogens is 222 g/mol. The molecule has 1 aromatic rings. The lowest BCUT2D eigenvalue weighted by atomic mass is 9.91. The number of piperidine rings is 1. The first-order valence-electron chi connectivity index (χ1n) is 6.92. The number of carbonyl (C=O) groups excluding carboxylic acids is 1. The second-order valence-corrected chi connectivity index (χ2v) is 5.57. The van der Waals surface area contributed by atoms with Gasteiger partial charge in [-0.25, -0.2) is 0 Å². The van der Waals surface area contributed by atoms with E-state index in [9.17, 15) is 4.79 Å². The van der Waals surface area contributed by atoms with Crippen LogP contribution in [-0.4, -0.2) is 29.8 Å². The van der Waals surface area contributed by atoms with E-state index < -0.39 is 0 Å². The summed E-state index contributed by atoms with van der Waals surface area (Å²) in [6.07, 6.45) is 2.50. The lowest BCUT2D eigenvalue weighted by Crippen LogP contribution is -2.44. The van der Waals surface area contributed by atoms with E-state index >= 15 is 0 Å². The minimum atomic E-state index is 0.258. The summed E-state index contributed by atoms with van der Waals surface area (Å²) in [4.78, 5) is 14.7. The third kappa shape index (κ3) is 2.81. The zero-order valence-electron chi connectivity index (χ0n) is 11.6. The molecule has 0 amide bonds. The van der Waals surface area contributed by atoms with Crippen molar-refractivity contribution >= 4 is 5.78 Å². The zero-order valence-corrected chi connectivity index (χ0v) is 11.6. The van der Waals surface area contributed by atoms with E-state index in [1.807, 2.05) is 31.2 Å². The van der Waals surface area contributed by atoms with Gasteiger partial charge < -0.3 is 0 Å². The first-order valence-corrected chi connectivity index (χ1v) is 6.92. The van der Waals surface area contributed by atoms with Crippen LogP contribution in [0.15, 0.2) is 24.3 Å². The average Bonchev–Trinajstić information content (AvgIpc) is 2.35. The lowest BCUT2D eigenvalue weighted by Gasteiger charge is -2.37. The molecule has 1 fully saturated rings. The van der Waals surface area contributed by atoms with Crippen LogP contribution in [0.5, 0.6) is 0 Å². The van der Waals surface area contributed by atoms with Crippen molar-refractivity contribution in [3.05, 3.63) is 35.4 Å². The number of likely N-dealkylation sites (tertiary alicyclic amines) is 1. The molecule has 0 saturated carbocycles. The molecule has 0 aromatic heterocycles. The highest BCUT2D eigenvalue weighted by Crippen LogP contribution is 2.23. The topological polar surface area (TPSA) is 20.3 Å². The van der Waals surface area contributed by atoms with Crippen LogP contribution >= 0.6 is 0 Å². The van der Waals surface area contributed by atoms with Crippen LogP contribution in [-0.2, 0) is 0 Å². The number of Topliss-reactive ketones (excluding diaryl/α,β-unsaturated/α-hetero) is 1. The Labute approximate surface area is 110 Å². The van der Waals surface area contributed by atoms with Gasteiger partial charge in [0.15, 0.2) is 5.78 Å². The standard InChI is InChI=1S/C16H23NO/c1-12-8-6-10-17(14(12)3)11-16(18)15-9-5-4-7-13(15)2/h4-5,7,9,12,14H,6,8,10-11H2,1-3H3. The highest BCUT2D eigenvalue weighted by atomic mass is 16.1. The highest BCUT2D eigenvalue weighted by molar-refractivity contribution is 5.98. The molecule has 0 aliphatic carbocycles. The number of carbonyl (C=O) groups is 1. The maximum Gasteiger partial charge on any atom is 0.177 e. The normalized spacial score (nSPS) is 25.1. The van der Waals surface area contributed by atoms with Crippen LogP contribution in [0.25, 0.3) is 0 Å². The van der Waals surface area contributed by atoms with Crippen molar-refractivity contribution in [2.24, 2.45) is 5.92 Å². The molecule has 98 valence electrons. The van der Waals surface area contributed by atoms with Crippen molar-refractivity contribution < 1.29 is 4.79 Å². The van der Waals surface area contributed by atoms with Gasteiger partial charge >= 0.3 is 0 Å². The summed E-state index contributed by atoms with van der Waals surface area (Å²) in [6, 6.07) is 8.40. The molecule has 2 atom stereocenters. The van der Waals surface area contributed by atoms with Crippen molar-refractivity contribution in [3.63, 3.8) is 0 Å². The van der Waals surface area contributed by atoms with Gasteiger partial charge in [0.05, 0.1) is 6.54 Å². The molecule has 0 radical (unpaired) electrons. The molecule has 1 heterocycles. The Kier molecular flexibility index (Phi) is 4.18. The number of rotatable bonds is 3. The Morgan fingerprint density at radius 3 is 2.78 bits per heavy atom. The van der Waals surface area contributed by atoms with Gasteiger partial charge in [-0.2, -0.15) is 0 Å². The van der Waals surface area contributed by atoms with Crippen molar-refractivity contribution in [2.45, 2.75) is 39.7 Å². The van der Waals surface area contributed by atoms with Crippen LogP contribution in [0.3, 0.4) is 0 Å². The molecule has 18 heavy (non-hydrogen) atoms. The third-order valence-corrected chi connectivity index (χ3v) is 4.30. The molecule has 1 aliphatic heterocycles. The molecule has 0 bridgehead atoms. The second-order valence-electron chi connectivity index (χ2n) is 5.57. The first-order chi connectivity index (χ1) is 8.59. The van der Waals surface area contributed by atoms with Crippen LogP contribution in [0.2, 0.25) is 0 Å². The zero-order chi connectivity index (χ0) is 13.1. The van der Waals surface area contributed by atoms with Gasteiger partial charge in [0.1, 0.15) is 0 Å². The fraction of sp³-hybridized carbons (Fsp3) is 0.562. The predicted octanol–water partition coefficient (Wildman–Crippen LogP) is 3.30. The Balaban J connectivity index is 2.05. The summed E-state index contributed by atoms with van der Waals surface area (Å²) in [5.41, 5.74) is 1.96. The van der Waals surface area contributed by atoms with E-state index in [1.165, 1.54) is 12.8 Å². The molecule has 2 nitrogen and oxygen atoms in total. The van der Waals surface area contributed by atoms with Crippen LogP contribution in [0, 0.1) is 12.8 Å². The third-order valence-electron chi connectivity index (χ3n) is 4.30. The van der Waals surface area contributed by atoms with Gasteiger partial charge in [0.25, 0.3) is 0 Å². The Hall–Kier alpha value is -1.15. The largest absolute Gasteiger partial charge is 0.293 e. The minimum absolute atomic E-state index is 0.258. The van der Waals surface area contributed by atoms with E-state index in [0.29, 0.717) is 18.5 Å². The van der Waals surface area contributed by atoms with Crippen molar-refractivity contribution in [1.82, 2.24) is 4.90 Å². The number of nitrogens with zero attached hydrogens (tertiary/aromatic N) is 1. The number of benzene rings is 1. The number of ketones is 1. The summed E-state index contributed by atoms with van der Waals surface area (Å²) < 4.78 is 0. The fourth-order valence-corrected chi connectivity index (χ4v) is 2.80. The molecule has 1 aromatic carbocycles. The van der Waals surface area contributed by atoms with Crippen LogP contribution in [0.1, 0.15) is 42.6 Å². The highest BCUT2D eigenvalue weighted by Gasteiger charge is 2.26. The summed E-state index contributed by atoms with van der Waals surface area (Å²) >= 11 is 0. The maximum atomic E-state index is 12.3. The van der Waals surface area contributed by atoms with Crippen LogP contribution < -0.4 is 0 Å². The molecule has 0 spiro atoms. The SMILES string of the molecule is Cc1ccccc1C(=O)CN1CCCC(C)C1C. The monoisotopic (exact) mass is 245 g/mol. The van der Waals surface area contributed by atoms with Crippen molar-refractivity contribution in [3.8, 4) is 0 Å². The second kappa shape index (κ2) is 5.66. The lowest BCUT2D eigenvalue weighted by molar-refractivity contribution is 0.0779. The van der Waals surface area contributed by atoms with E-state index in [4.69, 9.17) is 0 Å². The molecule has 2 unspecified atom stereocenters. The van der Waals surface area contributed by atoms with Crippen molar-refractivity contribution in [1.29, 1.82) is 0 Å². The number of aryl methyl sites for hydroxylation is 1. The van der Waals surface area contributed by atoms with Gasteiger partial charge in [-0.1, -0.05) is 31.2 Å². The molecular formula is C16H23NO. The predicted molar refractivity (Wildman–Crippen MR) is 74.9 cm³/mol. The summed E-state index contributed by atoms with van der Waals surface area (Å²) in [6.45, 7) is 8.17. The Bertz CT molecular complexity index is 427. The molecule has 1 aliphatic rings. The summed E-state index contributed by atoms with van der Waals surface area (Å²) in [5.74, 6) is 0.956. The van der Waals surface area contributed by atoms with Gasteiger partial charge in [-0.05, 0) is 44.7 Å². The number of hydrogen-bond donors (Lipinski definition) is 0. The van der Waals surface area contributed by atoms with Gasteiger partial charge in [0.2, 0.25) is 0 Å². The van der Waals surface area contributed by atoms with Gasteiger partial charge in [-0.15, -0.1) is 0 Å². The Morgan fingerprint density at radius 2 is 2.06 bits per heavy atom. The smallest absolute Gasteiger partial charge is 0.177 e. The molecule has 0 N–H and O–H groups in total.